The Morgan fingerprint density at radius 1 is 1.09 bits per heavy atom. The summed E-state index contributed by atoms with van der Waals surface area (Å²) in [6, 6.07) is 14.5. The van der Waals surface area contributed by atoms with Crippen LogP contribution in [0.15, 0.2) is 53.0 Å². The van der Waals surface area contributed by atoms with Crippen molar-refractivity contribution in [2.45, 2.75) is 13.3 Å². The van der Waals surface area contributed by atoms with Gasteiger partial charge in [0, 0.05) is 22.3 Å². The van der Waals surface area contributed by atoms with E-state index in [4.69, 9.17) is 0 Å². The topological polar surface area (TPSA) is 58.2 Å². The van der Waals surface area contributed by atoms with Crippen LogP contribution in [0, 0.1) is 0 Å². The lowest BCUT2D eigenvalue weighted by Crippen LogP contribution is -2.23. The van der Waals surface area contributed by atoms with Gasteiger partial charge in [0.2, 0.25) is 5.91 Å². The summed E-state index contributed by atoms with van der Waals surface area (Å²) in [4.78, 5) is 23.8. The lowest BCUT2D eigenvalue weighted by molar-refractivity contribution is -0.115. The maximum absolute atomic E-state index is 12.1. The van der Waals surface area contributed by atoms with Crippen molar-refractivity contribution < 1.29 is 9.59 Å². The number of anilines is 1. The van der Waals surface area contributed by atoms with Crippen LogP contribution in [0.5, 0.6) is 0 Å². The summed E-state index contributed by atoms with van der Waals surface area (Å²) in [7, 11) is 0. The second-order valence-electron chi connectivity index (χ2n) is 4.79. The highest BCUT2D eigenvalue weighted by atomic mass is 79.9. The van der Waals surface area contributed by atoms with Gasteiger partial charge in [-0.15, -0.1) is 0 Å². The van der Waals surface area contributed by atoms with Crippen molar-refractivity contribution >= 4 is 33.4 Å². The predicted molar refractivity (Wildman–Crippen MR) is 90.9 cm³/mol. The van der Waals surface area contributed by atoms with Crippen molar-refractivity contribution in [1.29, 1.82) is 0 Å². The highest BCUT2D eigenvalue weighted by molar-refractivity contribution is 9.10. The molecule has 22 heavy (non-hydrogen) atoms. The van der Waals surface area contributed by atoms with Crippen LogP contribution in [-0.2, 0) is 11.2 Å². The molecule has 2 aromatic rings. The van der Waals surface area contributed by atoms with Gasteiger partial charge in [-0.2, -0.15) is 0 Å². The maximum atomic E-state index is 12.1. The van der Waals surface area contributed by atoms with Gasteiger partial charge in [-0.1, -0.05) is 34.1 Å². The summed E-state index contributed by atoms with van der Waals surface area (Å²) >= 11 is 3.36. The fourth-order valence-electron chi connectivity index (χ4n) is 1.99. The van der Waals surface area contributed by atoms with Crippen LogP contribution in [0.25, 0.3) is 0 Å². The molecule has 114 valence electrons. The normalized spacial score (nSPS) is 10.1. The number of halogens is 1. The Morgan fingerprint density at radius 3 is 2.50 bits per heavy atom. The standard InChI is InChI=1S/C17H17BrN2O2/c1-2-19-17(22)13-4-3-5-15(11-13)20-16(21)10-12-6-8-14(18)9-7-12/h3-9,11H,2,10H2,1H3,(H,19,22)(H,20,21). The minimum Gasteiger partial charge on any atom is -0.352 e. The van der Waals surface area contributed by atoms with Crippen LogP contribution in [-0.4, -0.2) is 18.4 Å². The molecule has 2 amide bonds. The fraction of sp³-hybridized carbons (Fsp3) is 0.176. The van der Waals surface area contributed by atoms with Gasteiger partial charge >= 0.3 is 0 Å². The second kappa shape index (κ2) is 7.75. The number of hydrogen-bond donors (Lipinski definition) is 2. The molecule has 0 bridgehead atoms. The fourth-order valence-corrected chi connectivity index (χ4v) is 2.26. The molecule has 0 unspecified atom stereocenters. The number of hydrogen-bond acceptors (Lipinski definition) is 2. The first kappa shape index (κ1) is 16.2. The van der Waals surface area contributed by atoms with Gasteiger partial charge in [0.1, 0.15) is 0 Å². The number of benzene rings is 2. The van der Waals surface area contributed by atoms with Crippen LogP contribution in [0.4, 0.5) is 5.69 Å². The van der Waals surface area contributed by atoms with Crippen LogP contribution >= 0.6 is 15.9 Å². The molecule has 0 aliphatic carbocycles. The molecule has 0 saturated heterocycles. The first-order valence-corrected chi connectivity index (χ1v) is 7.80. The van der Waals surface area contributed by atoms with Gasteiger partial charge in [0.15, 0.2) is 0 Å². The molecule has 2 N–H and O–H groups in total. The molecule has 0 saturated carbocycles. The van der Waals surface area contributed by atoms with Gasteiger partial charge in [-0.05, 0) is 42.8 Å². The van der Waals surface area contributed by atoms with Crippen molar-refractivity contribution in [2.24, 2.45) is 0 Å². The molecule has 5 heteroatoms. The SMILES string of the molecule is CCNC(=O)c1cccc(NC(=O)Cc2ccc(Br)cc2)c1. The molecule has 0 atom stereocenters. The minimum atomic E-state index is -0.147. The molecule has 0 aliphatic rings. The summed E-state index contributed by atoms with van der Waals surface area (Å²) in [6.07, 6.45) is 0.290. The summed E-state index contributed by atoms with van der Waals surface area (Å²) < 4.78 is 0.978. The van der Waals surface area contributed by atoms with Crippen LogP contribution in [0.1, 0.15) is 22.8 Å². The quantitative estimate of drug-likeness (QED) is 0.858. The summed E-state index contributed by atoms with van der Waals surface area (Å²) in [5.74, 6) is -0.262. The Hall–Kier alpha value is -2.14. The highest BCUT2D eigenvalue weighted by Gasteiger charge is 2.07. The Labute approximate surface area is 138 Å². The van der Waals surface area contributed by atoms with E-state index in [0.717, 1.165) is 10.0 Å². The van der Waals surface area contributed by atoms with E-state index < -0.39 is 0 Å². The molecule has 4 nitrogen and oxygen atoms in total. The van der Waals surface area contributed by atoms with Crippen molar-refractivity contribution in [3.8, 4) is 0 Å². The molecule has 2 rings (SSSR count). The zero-order valence-corrected chi connectivity index (χ0v) is 13.8. The number of carbonyl (C=O) groups is 2. The third-order valence-electron chi connectivity index (χ3n) is 3.02. The molecule has 0 heterocycles. The third-order valence-corrected chi connectivity index (χ3v) is 3.55. The zero-order valence-electron chi connectivity index (χ0n) is 12.2. The molecule has 2 aromatic carbocycles. The predicted octanol–water partition coefficient (Wildman–Crippen LogP) is 3.38. The Balaban J connectivity index is 2.00. The Bertz CT molecular complexity index is 669. The van der Waals surface area contributed by atoms with Crippen molar-refractivity contribution in [3.63, 3.8) is 0 Å². The Morgan fingerprint density at radius 2 is 1.82 bits per heavy atom. The van der Waals surface area contributed by atoms with E-state index in [2.05, 4.69) is 26.6 Å². The minimum absolute atomic E-state index is 0.115. The van der Waals surface area contributed by atoms with E-state index in [1.54, 1.807) is 24.3 Å². The van der Waals surface area contributed by atoms with E-state index in [-0.39, 0.29) is 11.8 Å². The third kappa shape index (κ3) is 4.70. The second-order valence-corrected chi connectivity index (χ2v) is 5.71. The largest absolute Gasteiger partial charge is 0.352 e. The molecule has 0 fully saturated rings. The lowest BCUT2D eigenvalue weighted by atomic mass is 10.1. The first-order valence-electron chi connectivity index (χ1n) is 7.01. The van der Waals surface area contributed by atoms with Crippen LogP contribution < -0.4 is 10.6 Å². The molecule has 0 aliphatic heterocycles. The summed E-state index contributed by atoms with van der Waals surface area (Å²) in [6.45, 7) is 2.43. The number of nitrogens with one attached hydrogen (secondary N) is 2. The van der Waals surface area contributed by atoms with Gasteiger partial charge in [-0.3, -0.25) is 9.59 Å². The monoisotopic (exact) mass is 360 g/mol. The lowest BCUT2D eigenvalue weighted by Gasteiger charge is -2.08. The summed E-state index contributed by atoms with van der Waals surface area (Å²) in [5, 5.41) is 5.54. The van der Waals surface area contributed by atoms with Gasteiger partial charge in [0.05, 0.1) is 6.42 Å². The van der Waals surface area contributed by atoms with E-state index in [1.807, 2.05) is 31.2 Å². The van der Waals surface area contributed by atoms with E-state index >= 15 is 0 Å². The molecule has 0 spiro atoms. The highest BCUT2D eigenvalue weighted by Crippen LogP contribution is 2.13. The average Bonchev–Trinajstić information content (AvgIpc) is 2.50. The molecular formula is C17H17BrN2O2. The molecular weight excluding hydrogens is 344 g/mol. The number of rotatable bonds is 5. The van der Waals surface area contributed by atoms with E-state index in [0.29, 0.717) is 24.2 Å². The zero-order chi connectivity index (χ0) is 15.9. The van der Waals surface area contributed by atoms with Gasteiger partial charge in [-0.25, -0.2) is 0 Å². The van der Waals surface area contributed by atoms with Crippen molar-refractivity contribution in [3.05, 3.63) is 64.1 Å². The van der Waals surface area contributed by atoms with Crippen molar-refractivity contribution in [2.75, 3.05) is 11.9 Å². The maximum Gasteiger partial charge on any atom is 0.251 e. The molecule has 0 radical (unpaired) electrons. The first-order chi connectivity index (χ1) is 10.6. The summed E-state index contributed by atoms with van der Waals surface area (Å²) in [5.41, 5.74) is 2.08. The average molecular weight is 361 g/mol. The van der Waals surface area contributed by atoms with E-state index in [9.17, 15) is 9.59 Å². The molecule has 0 aromatic heterocycles. The van der Waals surface area contributed by atoms with Crippen molar-refractivity contribution in [1.82, 2.24) is 5.32 Å². The van der Waals surface area contributed by atoms with Crippen LogP contribution in [0.2, 0.25) is 0 Å². The van der Waals surface area contributed by atoms with Gasteiger partial charge < -0.3 is 10.6 Å². The number of amides is 2. The number of carbonyl (C=O) groups excluding carboxylic acids is 2. The van der Waals surface area contributed by atoms with Crippen LogP contribution in [0.3, 0.4) is 0 Å². The van der Waals surface area contributed by atoms with Gasteiger partial charge in [0.25, 0.3) is 5.91 Å². The Kier molecular flexibility index (Phi) is 5.72. The van der Waals surface area contributed by atoms with E-state index in [1.165, 1.54) is 0 Å². The smallest absolute Gasteiger partial charge is 0.251 e.